The van der Waals surface area contributed by atoms with E-state index in [1.807, 2.05) is 4.90 Å². The van der Waals surface area contributed by atoms with Gasteiger partial charge in [-0.3, -0.25) is 4.79 Å². The Balaban J connectivity index is 1.62. The predicted octanol–water partition coefficient (Wildman–Crippen LogP) is 2.89. The lowest BCUT2D eigenvalue weighted by Gasteiger charge is -2.37. The number of hydrogen-bond acceptors (Lipinski definition) is 3. The lowest BCUT2D eigenvalue weighted by Crippen LogP contribution is -2.49. The van der Waals surface area contributed by atoms with Crippen LogP contribution in [0, 0.1) is 0 Å². The molecule has 0 aliphatic carbocycles. The van der Waals surface area contributed by atoms with E-state index in [9.17, 15) is 9.90 Å². The number of amides is 1. The highest BCUT2D eigenvalue weighted by Gasteiger charge is 2.42. The maximum absolute atomic E-state index is 12.4. The molecule has 2 aliphatic rings. The zero-order chi connectivity index (χ0) is 15.0. The van der Waals surface area contributed by atoms with E-state index in [-0.39, 0.29) is 30.7 Å². The Bertz CT molecular complexity index is 538. The molecule has 1 aromatic rings. The second-order valence-corrected chi connectivity index (χ2v) is 6.52. The van der Waals surface area contributed by atoms with Gasteiger partial charge in [0.05, 0.1) is 11.1 Å². The van der Waals surface area contributed by atoms with E-state index in [4.69, 9.17) is 27.9 Å². The summed E-state index contributed by atoms with van der Waals surface area (Å²) in [6.07, 6.45) is 3.00. The van der Waals surface area contributed by atoms with Crippen molar-refractivity contribution in [2.75, 3.05) is 6.61 Å². The van der Waals surface area contributed by atoms with Gasteiger partial charge in [0, 0.05) is 17.1 Å². The minimum Gasteiger partial charge on any atom is -0.482 e. The van der Waals surface area contributed by atoms with Crippen molar-refractivity contribution in [2.24, 2.45) is 0 Å². The average molecular weight is 330 g/mol. The predicted molar refractivity (Wildman–Crippen MR) is 80.9 cm³/mol. The number of carbonyl (C=O) groups excluding carboxylic acids is 1. The number of aliphatic hydroxyl groups is 1. The zero-order valence-electron chi connectivity index (χ0n) is 11.5. The number of carbonyl (C=O) groups is 1. The Morgan fingerprint density at radius 3 is 2.57 bits per heavy atom. The van der Waals surface area contributed by atoms with E-state index in [1.165, 1.54) is 0 Å². The molecule has 4 nitrogen and oxygen atoms in total. The van der Waals surface area contributed by atoms with Crippen molar-refractivity contribution < 1.29 is 14.6 Å². The fourth-order valence-electron chi connectivity index (χ4n) is 3.36. The summed E-state index contributed by atoms with van der Waals surface area (Å²) in [4.78, 5) is 14.3. The normalized spacial score (nSPS) is 27.8. The molecule has 114 valence electrons. The van der Waals surface area contributed by atoms with Crippen molar-refractivity contribution in [3.05, 3.63) is 28.2 Å². The highest BCUT2D eigenvalue weighted by atomic mass is 35.5. The summed E-state index contributed by atoms with van der Waals surface area (Å²) in [7, 11) is 0. The molecular formula is C15H17Cl2NO3. The number of piperidine rings is 1. The Morgan fingerprint density at radius 2 is 1.95 bits per heavy atom. The first-order chi connectivity index (χ1) is 10.0. The first kappa shape index (κ1) is 14.9. The third kappa shape index (κ3) is 3.12. The van der Waals surface area contributed by atoms with Crippen LogP contribution in [0.5, 0.6) is 5.75 Å². The second kappa shape index (κ2) is 6.03. The van der Waals surface area contributed by atoms with Gasteiger partial charge in [0.25, 0.3) is 5.91 Å². The van der Waals surface area contributed by atoms with Gasteiger partial charge in [-0.25, -0.2) is 0 Å². The topological polar surface area (TPSA) is 49.8 Å². The van der Waals surface area contributed by atoms with E-state index in [0.717, 1.165) is 12.8 Å². The van der Waals surface area contributed by atoms with Gasteiger partial charge in [0.2, 0.25) is 0 Å². The average Bonchev–Trinajstić information content (AvgIpc) is 2.70. The Hall–Kier alpha value is -0.970. The van der Waals surface area contributed by atoms with E-state index >= 15 is 0 Å². The number of nitrogens with zero attached hydrogens (tertiary/aromatic N) is 1. The molecule has 2 bridgehead atoms. The van der Waals surface area contributed by atoms with Crippen LogP contribution < -0.4 is 4.74 Å². The van der Waals surface area contributed by atoms with Crippen molar-refractivity contribution in [1.29, 1.82) is 0 Å². The van der Waals surface area contributed by atoms with Gasteiger partial charge in [-0.2, -0.15) is 0 Å². The van der Waals surface area contributed by atoms with Gasteiger partial charge in [-0.05, 0) is 43.9 Å². The van der Waals surface area contributed by atoms with Gasteiger partial charge in [-0.1, -0.05) is 23.2 Å². The Labute approximate surface area is 133 Å². The minimum atomic E-state index is -0.279. The van der Waals surface area contributed by atoms with Gasteiger partial charge in [0.1, 0.15) is 5.75 Å². The number of halogens is 2. The van der Waals surface area contributed by atoms with Crippen molar-refractivity contribution >= 4 is 29.1 Å². The van der Waals surface area contributed by atoms with E-state index < -0.39 is 0 Å². The molecule has 3 rings (SSSR count). The van der Waals surface area contributed by atoms with E-state index in [1.54, 1.807) is 18.2 Å². The van der Waals surface area contributed by atoms with Crippen LogP contribution >= 0.6 is 23.2 Å². The number of hydrogen-bond donors (Lipinski definition) is 1. The Kier molecular flexibility index (Phi) is 4.29. The number of ether oxygens (including phenoxy) is 1. The summed E-state index contributed by atoms with van der Waals surface area (Å²) in [6, 6.07) is 5.22. The molecule has 1 amide bonds. The van der Waals surface area contributed by atoms with Gasteiger partial charge in [0.15, 0.2) is 6.61 Å². The van der Waals surface area contributed by atoms with Crippen LogP contribution in [0.25, 0.3) is 0 Å². The first-order valence-electron chi connectivity index (χ1n) is 7.11. The van der Waals surface area contributed by atoms with Gasteiger partial charge in [-0.15, -0.1) is 0 Å². The number of rotatable bonds is 3. The molecule has 2 saturated heterocycles. The molecular weight excluding hydrogens is 313 g/mol. The van der Waals surface area contributed by atoms with Crippen LogP contribution in [0.2, 0.25) is 10.0 Å². The first-order valence-corrected chi connectivity index (χ1v) is 7.87. The molecule has 6 heteroatoms. The lowest BCUT2D eigenvalue weighted by atomic mass is 10.00. The van der Waals surface area contributed by atoms with Crippen molar-refractivity contribution in [3.8, 4) is 5.75 Å². The molecule has 1 N–H and O–H groups in total. The van der Waals surface area contributed by atoms with E-state index in [2.05, 4.69) is 0 Å². The molecule has 0 radical (unpaired) electrons. The maximum Gasteiger partial charge on any atom is 0.261 e. The summed E-state index contributed by atoms with van der Waals surface area (Å²) in [5.41, 5.74) is 0. The number of benzene rings is 1. The molecule has 0 saturated carbocycles. The molecule has 2 atom stereocenters. The van der Waals surface area contributed by atoms with Crippen molar-refractivity contribution in [2.45, 2.75) is 43.9 Å². The van der Waals surface area contributed by atoms with Crippen LogP contribution in [0.3, 0.4) is 0 Å². The smallest absolute Gasteiger partial charge is 0.261 e. The number of aliphatic hydroxyl groups excluding tert-OH is 1. The summed E-state index contributed by atoms with van der Waals surface area (Å²) in [6.45, 7) is -0.0373. The summed E-state index contributed by atoms with van der Waals surface area (Å²) in [5.74, 6) is 0.416. The molecule has 0 aromatic heterocycles. The SMILES string of the molecule is O=C(COc1ccc(Cl)cc1Cl)N1C2CCC1CC(O)C2. The lowest BCUT2D eigenvalue weighted by molar-refractivity contribution is -0.139. The third-order valence-electron chi connectivity index (χ3n) is 4.24. The third-order valence-corrected chi connectivity index (χ3v) is 4.77. The molecule has 2 heterocycles. The molecule has 1 aromatic carbocycles. The fourth-order valence-corrected chi connectivity index (χ4v) is 3.82. The van der Waals surface area contributed by atoms with Crippen molar-refractivity contribution in [3.63, 3.8) is 0 Å². The molecule has 0 spiro atoms. The highest BCUT2D eigenvalue weighted by molar-refractivity contribution is 6.35. The van der Waals surface area contributed by atoms with Crippen LogP contribution in [-0.2, 0) is 4.79 Å². The van der Waals surface area contributed by atoms with Crippen LogP contribution in [0.4, 0.5) is 0 Å². The van der Waals surface area contributed by atoms with Crippen LogP contribution in [0.15, 0.2) is 18.2 Å². The van der Waals surface area contributed by atoms with Crippen LogP contribution in [-0.4, -0.2) is 40.7 Å². The summed E-state index contributed by atoms with van der Waals surface area (Å²) >= 11 is 11.8. The fraction of sp³-hybridized carbons (Fsp3) is 0.533. The minimum absolute atomic E-state index is 0.0373. The van der Waals surface area contributed by atoms with Gasteiger partial charge < -0.3 is 14.7 Å². The molecule has 2 unspecified atom stereocenters. The van der Waals surface area contributed by atoms with Crippen LogP contribution in [0.1, 0.15) is 25.7 Å². The molecule has 21 heavy (non-hydrogen) atoms. The zero-order valence-corrected chi connectivity index (χ0v) is 13.0. The molecule has 2 fully saturated rings. The van der Waals surface area contributed by atoms with Gasteiger partial charge >= 0.3 is 0 Å². The second-order valence-electron chi connectivity index (χ2n) is 5.67. The summed E-state index contributed by atoms with van der Waals surface area (Å²) < 4.78 is 5.51. The van der Waals surface area contributed by atoms with E-state index in [0.29, 0.717) is 28.6 Å². The summed E-state index contributed by atoms with van der Waals surface area (Å²) in [5, 5.41) is 10.7. The standard InChI is InChI=1S/C15H17Cl2NO3/c16-9-1-4-14(13(17)5-9)21-8-15(20)18-10-2-3-11(18)7-12(19)6-10/h1,4-5,10-12,19H,2-3,6-8H2. The number of fused-ring (bicyclic) bond motifs is 2. The monoisotopic (exact) mass is 329 g/mol. The Morgan fingerprint density at radius 1 is 1.29 bits per heavy atom. The maximum atomic E-state index is 12.4. The molecule has 2 aliphatic heterocycles. The quantitative estimate of drug-likeness (QED) is 0.927. The van der Waals surface area contributed by atoms with Crippen molar-refractivity contribution in [1.82, 2.24) is 4.90 Å². The largest absolute Gasteiger partial charge is 0.482 e. The highest BCUT2D eigenvalue weighted by Crippen LogP contribution is 2.36.